The lowest BCUT2D eigenvalue weighted by molar-refractivity contribution is -0.894. The maximum atomic E-state index is 6.71. The molecule has 0 aliphatic heterocycles. The van der Waals surface area contributed by atoms with Crippen molar-refractivity contribution in [2.45, 2.75) is 425 Å². The van der Waals surface area contributed by atoms with Crippen LogP contribution in [0, 0.1) is 0 Å². The summed E-state index contributed by atoms with van der Waals surface area (Å²) in [7, 11) is 9.76. The van der Waals surface area contributed by atoms with E-state index in [2.05, 4.69) is 55.9 Å². The Bertz CT molecular complexity index is 1140. The van der Waals surface area contributed by atoms with Gasteiger partial charge in [0.05, 0.1) is 54.5 Å². The minimum Gasteiger partial charge on any atom is -0.379 e. The Morgan fingerprint density at radius 2 is 0.360 bits per heavy atom. The molecular weight excluding hydrogens is 1050 g/mol. The minimum atomic E-state index is 0.185. The highest BCUT2D eigenvalue weighted by atomic mass is 16.5. The number of likely N-dealkylation sites (N-methyl/N-ethyl adjacent to an activating group) is 2. The fraction of sp³-hybridized carbons (Fsp3) is 1.00. The van der Waals surface area contributed by atoms with E-state index in [-0.39, 0.29) is 12.2 Å². The zero-order valence-electron chi connectivity index (χ0n) is 61.2. The topological polar surface area (TPSA) is 36.9 Å². The van der Waals surface area contributed by atoms with Crippen LogP contribution in [0.4, 0.5) is 0 Å². The van der Waals surface area contributed by atoms with Gasteiger partial charge in [-0.3, -0.25) is 0 Å². The summed E-state index contributed by atoms with van der Waals surface area (Å²) >= 11 is 0. The van der Waals surface area contributed by atoms with Crippen molar-refractivity contribution in [3.63, 3.8) is 0 Å². The molecule has 0 rings (SSSR count). The molecule has 2 unspecified atom stereocenters. The molecule has 0 fully saturated rings. The first-order valence-corrected chi connectivity index (χ1v) is 40.2. The number of rotatable bonds is 77. The number of nitrogens with zero attached hydrogens (tertiary/aromatic N) is 2. The number of quaternary nitrogens is 2. The Kier molecular flexibility index (Phi) is 70.4. The molecule has 0 aliphatic carbocycles. The molecule has 518 valence electrons. The van der Waals surface area contributed by atoms with E-state index in [0.29, 0.717) is 0 Å². The molecule has 0 spiro atoms. The Balaban J connectivity index is 4.88. The van der Waals surface area contributed by atoms with Crippen molar-refractivity contribution in [3.05, 3.63) is 0 Å². The van der Waals surface area contributed by atoms with Crippen LogP contribution in [0.5, 0.6) is 0 Å². The molecule has 0 bridgehead atoms. The molecule has 6 heteroatoms. The highest BCUT2D eigenvalue weighted by Gasteiger charge is 2.25. The van der Waals surface area contributed by atoms with E-state index < -0.39 is 0 Å². The highest BCUT2D eigenvalue weighted by Crippen LogP contribution is 2.20. The molecular formula is C80H166N2O4+2. The zero-order valence-corrected chi connectivity index (χ0v) is 61.2. The van der Waals surface area contributed by atoms with Gasteiger partial charge in [-0.2, -0.15) is 0 Å². The third-order valence-corrected chi connectivity index (χ3v) is 19.3. The van der Waals surface area contributed by atoms with Gasteiger partial charge in [0.25, 0.3) is 0 Å². The van der Waals surface area contributed by atoms with E-state index in [9.17, 15) is 0 Å². The van der Waals surface area contributed by atoms with Crippen molar-refractivity contribution in [3.8, 4) is 0 Å². The second-order valence-corrected chi connectivity index (χ2v) is 29.6. The highest BCUT2D eigenvalue weighted by molar-refractivity contribution is 4.62. The van der Waals surface area contributed by atoms with Crippen LogP contribution >= 0.6 is 0 Å². The Morgan fingerprint density at radius 1 is 0.198 bits per heavy atom. The lowest BCUT2D eigenvalue weighted by Crippen LogP contribution is -2.48. The molecule has 0 aromatic carbocycles. The summed E-state index contributed by atoms with van der Waals surface area (Å²) < 4.78 is 28.3. The maximum Gasteiger partial charge on any atom is 0.130 e. The van der Waals surface area contributed by atoms with Gasteiger partial charge >= 0.3 is 0 Å². The maximum absolute atomic E-state index is 6.71. The van der Waals surface area contributed by atoms with Crippen molar-refractivity contribution in [2.24, 2.45) is 0 Å². The first kappa shape index (κ1) is 85.8. The van der Waals surface area contributed by atoms with Gasteiger partial charge in [0.1, 0.15) is 25.3 Å². The van der Waals surface area contributed by atoms with Crippen LogP contribution in [0.2, 0.25) is 0 Å². The van der Waals surface area contributed by atoms with Crippen LogP contribution in [-0.4, -0.2) is 115 Å². The van der Waals surface area contributed by atoms with E-state index in [0.717, 1.165) is 61.7 Å². The third-order valence-electron chi connectivity index (χ3n) is 19.3. The summed E-state index contributed by atoms with van der Waals surface area (Å²) in [4.78, 5) is 0. The number of unbranched alkanes of at least 4 members (excludes halogenated alkanes) is 55. The Morgan fingerprint density at radius 3 is 0.558 bits per heavy atom. The van der Waals surface area contributed by atoms with Crippen LogP contribution in [-0.2, 0) is 18.9 Å². The monoisotopic (exact) mass is 1220 g/mol. The van der Waals surface area contributed by atoms with Crippen molar-refractivity contribution >= 4 is 0 Å². The van der Waals surface area contributed by atoms with Crippen molar-refractivity contribution < 1.29 is 27.9 Å². The smallest absolute Gasteiger partial charge is 0.130 e. The molecule has 0 aliphatic rings. The van der Waals surface area contributed by atoms with Crippen molar-refractivity contribution in [1.29, 1.82) is 0 Å². The van der Waals surface area contributed by atoms with Gasteiger partial charge < -0.3 is 27.9 Å². The van der Waals surface area contributed by atoms with Gasteiger partial charge in [-0.25, -0.2) is 0 Å². The Labute approximate surface area is 544 Å². The van der Waals surface area contributed by atoms with E-state index in [4.69, 9.17) is 18.9 Å². The molecule has 0 aromatic heterocycles. The molecule has 0 heterocycles. The fourth-order valence-corrected chi connectivity index (χ4v) is 13.3. The lowest BCUT2D eigenvalue weighted by atomic mass is 10.0. The van der Waals surface area contributed by atoms with Crippen LogP contribution in [0.25, 0.3) is 0 Å². The van der Waals surface area contributed by atoms with Gasteiger partial charge in [0.2, 0.25) is 0 Å². The average Bonchev–Trinajstić information content (AvgIpc) is 3.71. The molecule has 2 atom stereocenters. The summed E-state index contributed by atoms with van der Waals surface area (Å²) in [6.45, 7) is 18.8. The van der Waals surface area contributed by atoms with Gasteiger partial charge in [0.15, 0.2) is 0 Å². The van der Waals surface area contributed by atoms with Gasteiger partial charge in [-0.05, 0) is 51.4 Å². The third kappa shape index (κ3) is 69.6. The van der Waals surface area contributed by atoms with Crippen LogP contribution < -0.4 is 0 Å². The first-order chi connectivity index (χ1) is 42.2. The number of ether oxygens (including phenoxy) is 4. The van der Waals surface area contributed by atoms with E-state index in [1.807, 2.05) is 0 Å². The van der Waals surface area contributed by atoms with Gasteiger partial charge in [-0.1, -0.05) is 362 Å². The summed E-state index contributed by atoms with van der Waals surface area (Å²) in [5.74, 6) is 0. The van der Waals surface area contributed by atoms with Crippen LogP contribution in [0.3, 0.4) is 0 Å². The molecule has 86 heavy (non-hydrogen) atoms. The van der Waals surface area contributed by atoms with E-state index in [1.54, 1.807) is 0 Å². The molecule has 0 saturated heterocycles. The van der Waals surface area contributed by atoms with Gasteiger partial charge in [0, 0.05) is 26.4 Å². The summed E-state index contributed by atoms with van der Waals surface area (Å²) in [5, 5.41) is 0. The fourth-order valence-electron chi connectivity index (χ4n) is 13.3. The standard InChI is InChI=1S/C80H166N2O4/c1-9-13-17-21-25-29-33-37-41-45-49-53-59-65-71-83-77-79(85-73-67-61-55-51-47-43-39-35-31-27-23-19-15-11-3)75-81(5,6)69-63-57-58-64-70-82(7,8)76-80(86-74-68-62-56-52-48-44-40-36-32-28-24-20-16-12-4)78-84-72-66-60-54-50-46-42-38-34-30-26-22-18-14-10-2/h79-80H,9-78H2,1-8H3/q+2. The SMILES string of the molecule is CCCCCCCCCCCCCCCCOCC(C[N+](C)(C)CCCCCC[N+](C)(C)CC(COCCCCCCCCCCCCCCCC)OCCCCCCCCCCCCCCCC)OCCCCCCCCCCCCCCCC. The molecule has 6 nitrogen and oxygen atoms in total. The van der Waals surface area contributed by atoms with E-state index >= 15 is 0 Å². The van der Waals surface area contributed by atoms with Gasteiger partial charge in [-0.15, -0.1) is 0 Å². The number of hydrogen-bond acceptors (Lipinski definition) is 4. The predicted octanol–water partition coefficient (Wildman–Crippen LogP) is 25.4. The molecule has 0 saturated carbocycles. The predicted molar refractivity (Wildman–Crippen MR) is 385 cm³/mol. The average molecular weight is 1220 g/mol. The minimum absolute atomic E-state index is 0.185. The molecule has 0 radical (unpaired) electrons. The van der Waals surface area contributed by atoms with Crippen molar-refractivity contribution in [1.82, 2.24) is 0 Å². The Hall–Kier alpha value is -0.240. The normalized spacial score (nSPS) is 13.0. The van der Waals surface area contributed by atoms with Crippen LogP contribution in [0.15, 0.2) is 0 Å². The lowest BCUT2D eigenvalue weighted by Gasteiger charge is -2.34. The second-order valence-electron chi connectivity index (χ2n) is 29.6. The zero-order chi connectivity index (χ0) is 62.5. The van der Waals surface area contributed by atoms with Crippen LogP contribution in [0.1, 0.15) is 413 Å². The second kappa shape index (κ2) is 70.6. The summed E-state index contributed by atoms with van der Waals surface area (Å²) in [6, 6.07) is 0. The quantitative estimate of drug-likeness (QED) is 0.0449. The molecule has 0 amide bonds. The molecule has 0 aromatic rings. The summed E-state index contributed by atoms with van der Waals surface area (Å²) in [5.41, 5.74) is 0. The van der Waals surface area contributed by atoms with Crippen molar-refractivity contribution in [2.75, 3.05) is 94.0 Å². The summed E-state index contributed by atoms with van der Waals surface area (Å²) in [6.07, 6.45) is 83.8. The first-order valence-electron chi connectivity index (χ1n) is 40.2. The largest absolute Gasteiger partial charge is 0.379 e. The van der Waals surface area contributed by atoms with E-state index in [1.165, 1.54) is 398 Å². The number of hydrogen-bond donors (Lipinski definition) is 0. The molecule has 0 N–H and O–H groups in total.